The molecule has 0 saturated carbocycles. The van der Waals surface area contributed by atoms with Crippen molar-refractivity contribution in [2.24, 2.45) is 9.98 Å². The molecule has 42 heavy (non-hydrogen) atoms. The van der Waals surface area contributed by atoms with Gasteiger partial charge in [0.05, 0.1) is 0 Å². The van der Waals surface area contributed by atoms with E-state index < -0.39 is 32.7 Å². The van der Waals surface area contributed by atoms with E-state index in [0.29, 0.717) is 71.4 Å². The highest BCUT2D eigenvalue weighted by Gasteiger charge is 2.55. The molecule has 0 aromatic rings. The third-order valence-corrected chi connectivity index (χ3v) is 14.5. The molecule has 0 amide bonds. The molecule has 0 saturated heterocycles. The molecule has 0 bridgehead atoms. The fourth-order valence-electron chi connectivity index (χ4n) is 4.25. The van der Waals surface area contributed by atoms with Crippen LogP contribution in [0.5, 0.6) is 0 Å². The first-order valence-electron chi connectivity index (χ1n) is 15.0. The number of guanidine groups is 2. The van der Waals surface area contributed by atoms with E-state index in [4.69, 9.17) is 49.8 Å². The monoisotopic (exact) mass is 656 g/mol. The van der Waals surface area contributed by atoms with Crippen molar-refractivity contribution in [2.45, 2.75) is 75.0 Å². The molecule has 1 rings (SSSR count). The molecule has 0 unspecified atom stereocenters. The van der Waals surface area contributed by atoms with Crippen molar-refractivity contribution in [1.82, 2.24) is 19.4 Å². The van der Waals surface area contributed by atoms with E-state index in [1.54, 1.807) is 9.13 Å². The van der Waals surface area contributed by atoms with Crippen LogP contribution in [-0.2, 0) is 39.8 Å². The van der Waals surface area contributed by atoms with Gasteiger partial charge in [-0.2, -0.15) is 0 Å². The summed E-state index contributed by atoms with van der Waals surface area (Å²) in [6, 6.07) is 0. The zero-order valence-corrected chi connectivity index (χ0v) is 30.8. The Morgan fingerprint density at radius 3 is 1.05 bits per heavy atom. The van der Waals surface area contributed by atoms with Gasteiger partial charge in [0.2, 0.25) is 17.7 Å². The quantitative estimate of drug-likeness (QED) is 0.165. The SMILES string of the molecule is CCO[Si](NC1(C)N=C(N(C)[Si](OCC)(OCC)OCC)NC(N(C)[Si](OCC)(OCC)OCC)=N1)(OCC)OCC. The van der Waals surface area contributed by atoms with Crippen LogP contribution in [0.1, 0.15) is 69.2 Å². The average molecular weight is 657 g/mol. The molecule has 248 valence electrons. The van der Waals surface area contributed by atoms with E-state index in [2.05, 4.69) is 10.3 Å². The van der Waals surface area contributed by atoms with E-state index in [1.807, 2.05) is 83.3 Å². The zero-order chi connectivity index (χ0) is 31.9. The van der Waals surface area contributed by atoms with E-state index in [9.17, 15) is 0 Å². The van der Waals surface area contributed by atoms with Crippen molar-refractivity contribution in [3.63, 3.8) is 0 Å². The lowest BCUT2D eigenvalue weighted by molar-refractivity contribution is 0.0370. The Hall–Kier alpha value is -1.01. The lowest BCUT2D eigenvalue weighted by atomic mass is 10.4. The summed E-state index contributed by atoms with van der Waals surface area (Å²) in [5, 5.41) is 3.35. The molecule has 0 spiro atoms. The summed E-state index contributed by atoms with van der Waals surface area (Å²) in [5.74, 6) is -0.577. The van der Waals surface area contributed by atoms with Gasteiger partial charge in [0, 0.05) is 73.6 Å². The molecule has 0 aromatic heterocycles. The highest BCUT2D eigenvalue weighted by atomic mass is 28.4. The van der Waals surface area contributed by atoms with Gasteiger partial charge >= 0.3 is 26.9 Å². The van der Waals surface area contributed by atoms with Crippen LogP contribution in [0, 0.1) is 0 Å². The van der Waals surface area contributed by atoms with E-state index in [1.165, 1.54) is 0 Å². The third-order valence-electron chi connectivity index (χ3n) is 5.68. The first-order valence-corrected chi connectivity index (χ1v) is 20.1. The minimum absolute atomic E-state index is 0.366. The van der Waals surface area contributed by atoms with Gasteiger partial charge in [0.25, 0.3) is 0 Å². The van der Waals surface area contributed by atoms with Crippen LogP contribution in [0.15, 0.2) is 9.98 Å². The predicted octanol–water partition coefficient (Wildman–Crippen LogP) is 2.06. The van der Waals surface area contributed by atoms with Gasteiger partial charge in [-0.15, -0.1) is 0 Å². The number of hydrogen-bond acceptors (Lipinski definition) is 15. The molecule has 1 heterocycles. The van der Waals surface area contributed by atoms with Gasteiger partial charge in [0.1, 0.15) is 0 Å². The summed E-state index contributed by atoms with van der Waals surface area (Å²) in [6.45, 7) is 22.2. The minimum atomic E-state index is -3.46. The maximum absolute atomic E-state index is 6.18. The summed E-state index contributed by atoms with van der Waals surface area (Å²) >= 11 is 0. The van der Waals surface area contributed by atoms with Crippen LogP contribution < -0.4 is 10.3 Å². The van der Waals surface area contributed by atoms with E-state index in [-0.39, 0.29) is 0 Å². The van der Waals surface area contributed by atoms with Crippen molar-refractivity contribution in [2.75, 3.05) is 73.6 Å². The minimum Gasteiger partial charge on any atom is -0.361 e. The van der Waals surface area contributed by atoms with E-state index >= 15 is 0 Å². The van der Waals surface area contributed by atoms with Crippen LogP contribution >= 0.6 is 0 Å². The van der Waals surface area contributed by atoms with E-state index in [0.717, 1.165) is 0 Å². The summed E-state index contributed by atoms with van der Waals surface area (Å²) in [5.41, 5.74) is 0. The molecule has 18 heteroatoms. The molecule has 15 nitrogen and oxygen atoms in total. The van der Waals surface area contributed by atoms with Crippen LogP contribution in [0.3, 0.4) is 0 Å². The predicted molar refractivity (Wildman–Crippen MR) is 167 cm³/mol. The summed E-state index contributed by atoms with van der Waals surface area (Å²) in [7, 11) is -6.69. The maximum atomic E-state index is 6.18. The fourth-order valence-corrected chi connectivity index (χ4v) is 11.1. The van der Waals surface area contributed by atoms with Gasteiger partial charge in [0.15, 0.2) is 0 Å². The molecule has 1 aliphatic heterocycles. The van der Waals surface area contributed by atoms with Crippen LogP contribution in [0.25, 0.3) is 0 Å². The Labute approximate surface area is 256 Å². The number of aliphatic imine (C=N–C) groups is 2. The fraction of sp³-hybridized carbons (Fsp3) is 0.917. The Bertz CT molecular complexity index is 746. The Balaban J connectivity index is 3.88. The average Bonchev–Trinajstić information content (AvgIpc) is 2.92. The van der Waals surface area contributed by atoms with Crippen molar-refractivity contribution in [3.8, 4) is 0 Å². The van der Waals surface area contributed by atoms with Gasteiger partial charge in [-0.25, -0.2) is 15.0 Å². The van der Waals surface area contributed by atoms with Crippen molar-refractivity contribution in [1.29, 1.82) is 0 Å². The number of hydrogen-bond donors (Lipinski definition) is 2. The standard InChI is InChI=1S/C24H56N6O9Si3/c1-13-31-40(32-14-2,33-15-3)28-24(10)26-22(29(11)41(34-16-4,35-17-5)36-18-6)25-23(27-24)30(12)42(37-19-7,38-20-8)39-21-9/h28H,13-21H2,1-12H3,(H,25,26,27). The molecule has 0 aromatic carbocycles. The third kappa shape index (κ3) is 10.0. The van der Waals surface area contributed by atoms with Crippen LogP contribution in [0.2, 0.25) is 0 Å². The van der Waals surface area contributed by atoms with Gasteiger partial charge in [-0.1, -0.05) is 0 Å². The molecular weight excluding hydrogens is 601 g/mol. The Morgan fingerprint density at radius 1 is 0.548 bits per heavy atom. The molecular formula is C24H56N6O9Si3. The molecule has 1 aliphatic rings. The number of nitrogens with zero attached hydrogens (tertiary/aromatic N) is 4. The second-order valence-corrected chi connectivity index (χ2v) is 16.2. The lowest BCUT2D eigenvalue weighted by Gasteiger charge is -2.43. The van der Waals surface area contributed by atoms with Gasteiger partial charge in [-0.05, 0) is 69.2 Å². The maximum Gasteiger partial charge on any atom is 0.635 e. The normalized spacial score (nSPS) is 15.7. The highest BCUT2D eigenvalue weighted by molar-refractivity contribution is 6.62. The molecule has 0 radical (unpaired) electrons. The summed E-state index contributed by atoms with van der Waals surface area (Å²) < 4.78 is 59.0. The Kier molecular flexibility index (Phi) is 17.4. The van der Waals surface area contributed by atoms with Crippen molar-refractivity contribution >= 4 is 38.8 Å². The largest absolute Gasteiger partial charge is 0.635 e. The second-order valence-electron chi connectivity index (χ2n) is 8.76. The topological polar surface area (TPSA) is 138 Å². The van der Waals surface area contributed by atoms with Crippen molar-refractivity contribution < 1.29 is 39.8 Å². The van der Waals surface area contributed by atoms with Gasteiger partial charge < -0.3 is 49.0 Å². The van der Waals surface area contributed by atoms with Crippen LogP contribution in [-0.4, -0.2) is 127 Å². The number of nitrogens with one attached hydrogen (secondary N) is 2. The molecule has 2 N–H and O–H groups in total. The summed E-state index contributed by atoms with van der Waals surface area (Å²) in [6.07, 6.45) is 0. The number of rotatable bonds is 22. The van der Waals surface area contributed by atoms with Crippen molar-refractivity contribution in [3.05, 3.63) is 0 Å². The first-order chi connectivity index (χ1) is 20.0. The van der Waals surface area contributed by atoms with Gasteiger partial charge in [-0.3, -0.25) is 5.32 Å². The molecule has 0 atom stereocenters. The smallest absolute Gasteiger partial charge is 0.361 e. The highest BCUT2D eigenvalue weighted by Crippen LogP contribution is 2.24. The Morgan fingerprint density at radius 2 is 0.810 bits per heavy atom. The lowest BCUT2D eigenvalue weighted by Crippen LogP contribution is -2.72. The summed E-state index contributed by atoms with van der Waals surface area (Å²) in [4.78, 5) is 13.4. The second kappa shape index (κ2) is 18.7. The van der Waals surface area contributed by atoms with Crippen LogP contribution in [0.4, 0.5) is 0 Å². The zero-order valence-electron chi connectivity index (χ0n) is 27.8. The molecule has 0 fully saturated rings. The first kappa shape index (κ1) is 39.0. The molecule has 0 aliphatic carbocycles.